The van der Waals surface area contributed by atoms with E-state index in [1.54, 1.807) is 7.11 Å². The fraction of sp³-hybridized carbons (Fsp3) is 0.476. The number of hydrogen-bond acceptors (Lipinski definition) is 6. The van der Waals surface area contributed by atoms with Crippen molar-refractivity contribution in [3.05, 3.63) is 53.3 Å². The van der Waals surface area contributed by atoms with Crippen LogP contribution in [-0.2, 0) is 11.2 Å². The average molecular weight is 379 g/mol. The first-order valence-electron chi connectivity index (χ1n) is 10.00. The second-order valence-electron chi connectivity index (χ2n) is 7.59. The van der Waals surface area contributed by atoms with Crippen LogP contribution in [0.1, 0.15) is 41.8 Å². The van der Waals surface area contributed by atoms with Gasteiger partial charge in [-0.05, 0) is 49.5 Å². The minimum absolute atomic E-state index is 0.182. The first-order valence-corrected chi connectivity index (χ1v) is 10.00. The highest BCUT2D eigenvalue weighted by Crippen LogP contribution is 2.31. The topological polar surface area (TPSA) is 64.8 Å². The number of methoxy groups -OCH3 is 1. The fourth-order valence-electron chi connectivity index (χ4n) is 4.39. The molecule has 0 spiro atoms. The van der Waals surface area contributed by atoms with Gasteiger partial charge in [0.2, 0.25) is 5.88 Å². The van der Waals surface area contributed by atoms with Crippen molar-refractivity contribution in [2.45, 2.75) is 31.3 Å². The fourth-order valence-corrected chi connectivity index (χ4v) is 4.39. The molecule has 1 fully saturated rings. The first kappa shape index (κ1) is 17.6. The molecule has 0 bridgehead atoms. The molecule has 0 radical (unpaired) electrons. The molecule has 2 aliphatic heterocycles. The number of nitrogens with zero attached hydrogens (tertiary/aromatic N) is 5. The van der Waals surface area contributed by atoms with Crippen molar-refractivity contribution in [3.63, 3.8) is 0 Å². The molecule has 0 amide bonds. The molecule has 0 aliphatic carbocycles. The number of fused-ring (bicyclic) bond motifs is 2. The van der Waals surface area contributed by atoms with Crippen molar-refractivity contribution in [2.75, 3.05) is 33.4 Å². The van der Waals surface area contributed by atoms with Crippen LogP contribution in [0.15, 0.2) is 36.4 Å². The smallest absolute Gasteiger partial charge is 0.231 e. The Kier molecular flexibility index (Phi) is 4.70. The Balaban J connectivity index is 1.26. The zero-order chi connectivity index (χ0) is 18.9. The van der Waals surface area contributed by atoms with Crippen LogP contribution in [0.2, 0.25) is 0 Å². The standard InChI is InChI=1S/C21H25N5O2/c1-27-20-7-6-19-22-23-21(26(19)24-20)16-8-11-25(12-9-16)14-18-17-5-3-2-4-15(17)10-13-28-18/h2-7,16,18H,8-14H2,1H3. The molecule has 0 saturated carbocycles. The SMILES string of the molecule is COc1ccc2nnc(C3CCN(CC4OCCc5ccccc54)CC3)n2n1. The Bertz CT molecular complexity index is 964. The molecule has 0 N–H and O–H groups in total. The molecule has 2 aliphatic rings. The highest BCUT2D eigenvalue weighted by Gasteiger charge is 2.28. The molecule has 2 aromatic heterocycles. The van der Waals surface area contributed by atoms with E-state index in [9.17, 15) is 0 Å². The largest absolute Gasteiger partial charge is 0.480 e. The lowest BCUT2D eigenvalue weighted by molar-refractivity contribution is 0.0107. The molecule has 1 atom stereocenters. The lowest BCUT2D eigenvalue weighted by atomic mass is 9.94. The van der Waals surface area contributed by atoms with E-state index in [0.29, 0.717) is 11.8 Å². The van der Waals surface area contributed by atoms with Gasteiger partial charge in [0.1, 0.15) is 0 Å². The molecule has 4 heterocycles. The normalized spacial score (nSPS) is 21.0. The van der Waals surface area contributed by atoms with Crippen LogP contribution in [0.25, 0.3) is 5.65 Å². The maximum absolute atomic E-state index is 6.10. The summed E-state index contributed by atoms with van der Waals surface area (Å²) in [6.07, 6.45) is 3.30. The average Bonchev–Trinajstić information content (AvgIpc) is 3.18. The van der Waals surface area contributed by atoms with Crippen LogP contribution in [-0.4, -0.2) is 58.1 Å². The van der Waals surface area contributed by atoms with Crippen LogP contribution in [0, 0.1) is 0 Å². The summed E-state index contributed by atoms with van der Waals surface area (Å²) in [5, 5.41) is 13.2. The first-order chi connectivity index (χ1) is 13.8. The number of likely N-dealkylation sites (tertiary alicyclic amines) is 1. The molecular weight excluding hydrogens is 354 g/mol. The van der Waals surface area contributed by atoms with Crippen molar-refractivity contribution in [3.8, 4) is 5.88 Å². The van der Waals surface area contributed by atoms with Crippen molar-refractivity contribution >= 4 is 5.65 Å². The molecule has 1 saturated heterocycles. The molecule has 146 valence electrons. The van der Waals surface area contributed by atoms with Gasteiger partial charge in [-0.15, -0.1) is 15.3 Å². The van der Waals surface area contributed by atoms with Gasteiger partial charge in [-0.25, -0.2) is 0 Å². The van der Waals surface area contributed by atoms with Gasteiger partial charge >= 0.3 is 0 Å². The summed E-state index contributed by atoms with van der Waals surface area (Å²) in [6, 6.07) is 12.4. The number of hydrogen-bond donors (Lipinski definition) is 0. The number of piperidine rings is 1. The second kappa shape index (κ2) is 7.48. The van der Waals surface area contributed by atoms with Gasteiger partial charge in [0.15, 0.2) is 11.5 Å². The molecule has 5 rings (SSSR count). The van der Waals surface area contributed by atoms with Crippen LogP contribution >= 0.6 is 0 Å². The van der Waals surface area contributed by atoms with Crippen LogP contribution < -0.4 is 4.74 Å². The quantitative estimate of drug-likeness (QED) is 0.694. The lowest BCUT2D eigenvalue weighted by Crippen LogP contribution is -2.38. The molecule has 7 heteroatoms. The Morgan fingerprint density at radius 1 is 1.11 bits per heavy atom. The van der Waals surface area contributed by atoms with E-state index in [0.717, 1.165) is 57.0 Å². The monoisotopic (exact) mass is 379 g/mol. The van der Waals surface area contributed by atoms with Gasteiger partial charge in [-0.1, -0.05) is 24.3 Å². The number of aromatic nitrogens is 4. The Hall–Kier alpha value is -2.51. The van der Waals surface area contributed by atoms with E-state index < -0.39 is 0 Å². The van der Waals surface area contributed by atoms with Gasteiger partial charge in [0, 0.05) is 18.5 Å². The third-order valence-electron chi connectivity index (χ3n) is 5.94. The highest BCUT2D eigenvalue weighted by molar-refractivity contribution is 5.38. The summed E-state index contributed by atoms with van der Waals surface area (Å²) in [5.74, 6) is 1.89. The van der Waals surface area contributed by atoms with E-state index in [1.807, 2.05) is 16.6 Å². The summed E-state index contributed by atoms with van der Waals surface area (Å²) in [5.41, 5.74) is 3.56. The Labute approximate surface area is 164 Å². The molecule has 28 heavy (non-hydrogen) atoms. The summed E-state index contributed by atoms with van der Waals surface area (Å²) in [4.78, 5) is 2.51. The van der Waals surface area contributed by atoms with Crippen LogP contribution in [0.4, 0.5) is 0 Å². The van der Waals surface area contributed by atoms with Gasteiger partial charge in [0.05, 0.1) is 19.8 Å². The Morgan fingerprint density at radius 2 is 1.96 bits per heavy atom. The molecular formula is C21H25N5O2. The summed E-state index contributed by atoms with van der Waals surface area (Å²) >= 11 is 0. The molecule has 3 aromatic rings. The Morgan fingerprint density at radius 3 is 2.82 bits per heavy atom. The minimum atomic E-state index is 0.182. The zero-order valence-electron chi connectivity index (χ0n) is 16.1. The second-order valence-corrected chi connectivity index (χ2v) is 7.59. The van der Waals surface area contributed by atoms with Crippen molar-refractivity contribution < 1.29 is 9.47 Å². The minimum Gasteiger partial charge on any atom is -0.480 e. The van der Waals surface area contributed by atoms with Crippen molar-refractivity contribution in [1.82, 2.24) is 24.7 Å². The summed E-state index contributed by atoms with van der Waals surface area (Å²) in [6.45, 7) is 3.84. The number of rotatable bonds is 4. The van der Waals surface area contributed by atoms with Gasteiger partial charge < -0.3 is 14.4 Å². The molecule has 1 unspecified atom stereocenters. The van der Waals surface area contributed by atoms with E-state index in [4.69, 9.17) is 9.47 Å². The van der Waals surface area contributed by atoms with Gasteiger partial charge in [-0.2, -0.15) is 4.52 Å². The van der Waals surface area contributed by atoms with E-state index in [2.05, 4.69) is 44.5 Å². The highest BCUT2D eigenvalue weighted by atomic mass is 16.5. The van der Waals surface area contributed by atoms with Crippen molar-refractivity contribution in [2.24, 2.45) is 0 Å². The summed E-state index contributed by atoms with van der Waals surface area (Å²) < 4.78 is 13.2. The van der Waals surface area contributed by atoms with Crippen molar-refractivity contribution in [1.29, 1.82) is 0 Å². The predicted octanol–water partition coefficient (Wildman–Crippen LogP) is 2.63. The van der Waals surface area contributed by atoms with E-state index >= 15 is 0 Å². The van der Waals surface area contributed by atoms with E-state index in [-0.39, 0.29) is 6.10 Å². The number of ether oxygens (including phenoxy) is 2. The molecule has 1 aromatic carbocycles. The third-order valence-corrected chi connectivity index (χ3v) is 5.94. The maximum Gasteiger partial charge on any atom is 0.231 e. The van der Waals surface area contributed by atoms with Gasteiger partial charge in [0.25, 0.3) is 0 Å². The van der Waals surface area contributed by atoms with Crippen LogP contribution in [0.3, 0.4) is 0 Å². The zero-order valence-corrected chi connectivity index (χ0v) is 16.1. The predicted molar refractivity (Wildman–Crippen MR) is 105 cm³/mol. The lowest BCUT2D eigenvalue weighted by Gasteiger charge is -2.35. The molecule has 7 nitrogen and oxygen atoms in total. The van der Waals surface area contributed by atoms with Gasteiger partial charge in [-0.3, -0.25) is 0 Å². The summed E-state index contributed by atoms with van der Waals surface area (Å²) in [7, 11) is 1.63. The maximum atomic E-state index is 6.10. The van der Waals surface area contributed by atoms with E-state index in [1.165, 1.54) is 11.1 Å². The van der Waals surface area contributed by atoms with Crippen LogP contribution in [0.5, 0.6) is 5.88 Å². The number of benzene rings is 1. The third kappa shape index (κ3) is 3.25.